The molecule has 1 heterocycles. The minimum atomic E-state index is -0.290. The Morgan fingerprint density at radius 3 is 2.54 bits per heavy atom. The summed E-state index contributed by atoms with van der Waals surface area (Å²) in [7, 11) is 0. The first-order chi connectivity index (χ1) is 11.8. The van der Waals surface area contributed by atoms with Crippen LogP contribution in [-0.4, -0.2) is 28.6 Å². The van der Waals surface area contributed by atoms with E-state index in [0.29, 0.717) is 0 Å². The van der Waals surface area contributed by atoms with Gasteiger partial charge in [0, 0.05) is 11.6 Å². The highest BCUT2D eigenvalue weighted by molar-refractivity contribution is 5.96. The Bertz CT molecular complexity index is 683. The number of hydrogen-bond acceptors (Lipinski definition) is 2. The van der Waals surface area contributed by atoms with Crippen LogP contribution in [0.25, 0.3) is 0 Å². The molecule has 3 nitrogen and oxygen atoms in total. The summed E-state index contributed by atoms with van der Waals surface area (Å²) in [6.07, 6.45) is 3.84. The largest absolute Gasteiger partial charge is 0.394 e. The number of fused-ring (bicyclic) bond motifs is 1. The highest BCUT2D eigenvalue weighted by atomic mass is 16.3. The van der Waals surface area contributed by atoms with E-state index in [0.717, 1.165) is 42.4 Å². The number of aliphatic hydroxyl groups is 1. The molecular formula is C21H25NO2. The quantitative estimate of drug-likeness (QED) is 0.904. The van der Waals surface area contributed by atoms with Crippen LogP contribution >= 0.6 is 0 Å². The maximum absolute atomic E-state index is 13.3. The van der Waals surface area contributed by atoms with Crippen molar-refractivity contribution in [1.29, 1.82) is 0 Å². The van der Waals surface area contributed by atoms with Gasteiger partial charge in [0.15, 0.2) is 0 Å². The van der Waals surface area contributed by atoms with E-state index in [1.54, 1.807) is 0 Å². The average Bonchev–Trinajstić information content (AvgIpc) is 2.76. The molecule has 2 aromatic rings. The second-order valence-electron chi connectivity index (χ2n) is 6.46. The van der Waals surface area contributed by atoms with Gasteiger partial charge in [-0.1, -0.05) is 61.9 Å². The second-order valence-corrected chi connectivity index (χ2v) is 6.46. The summed E-state index contributed by atoms with van der Waals surface area (Å²) < 4.78 is 0. The van der Waals surface area contributed by atoms with Crippen molar-refractivity contribution in [3.63, 3.8) is 0 Å². The van der Waals surface area contributed by atoms with Crippen LogP contribution in [0.4, 0.5) is 0 Å². The predicted molar refractivity (Wildman–Crippen MR) is 95.9 cm³/mol. The number of aryl methyl sites for hydroxylation is 1. The average molecular weight is 323 g/mol. The Morgan fingerprint density at radius 2 is 1.83 bits per heavy atom. The van der Waals surface area contributed by atoms with Gasteiger partial charge in [-0.05, 0) is 36.5 Å². The zero-order valence-electron chi connectivity index (χ0n) is 14.2. The summed E-state index contributed by atoms with van der Waals surface area (Å²) >= 11 is 0. The van der Waals surface area contributed by atoms with Crippen molar-refractivity contribution in [2.24, 2.45) is 0 Å². The van der Waals surface area contributed by atoms with Crippen molar-refractivity contribution in [3.05, 3.63) is 71.3 Å². The van der Waals surface area contributed by atoms with Crippen molar-refractivity contribution in [2.45, 2.75) is 44.7 Å². The number of aliphatic hydroxyl groups excluding tert-OH is 1. The monoisotopic (exact) mass is 323 g/mol. The van der Waals surface area contributed by atoms with Crippen molar-refractivity contribution < 1.29 is 9.90 Å². The number of carbonyl (C=O) groups is 1. The van der Waals surface area contributed by atoms with Crippen LogP contribution in [0, 0.1) is 0 Å². The molecule has 1 aliphatic rings. The number of nitrogens with zero attached hydrogens (tertiary/aromatic N) is 1. The van der Waals surface area contributed by atoms with E-state index < -0.39 is 0 Å². The van der Waals surface area contributed by atoms with Gasteiger partial charge in [0.1, 0.15) is 0 Å². The summed E-state index contributed by atoms with van der Waals surface area (Å²) in [6.45, 7) is 2.09. The minimum absolute atomic E-state index is 0.0458. The molecule has 2 aromatic carbocycles. The fraction of sp³-hybridized carbons (Fsp3) is 0.381. The van der Waals surface area contributed by atoms with Gasteiger partial charge in [-0.15, -0.1) is 0 Å². The second kappa shape index (κ2) is 7.63. The number of rotatable bonds is 5. The third-order valence-corrected chi connectivity index (χ3v) is 4.94. The molecule has 24 heavy (non-hydrogen) atoms. The maximum atomic E-state index is 13.3. The van der Waals surface area contributed by atoms with Gasteiger partial charge in [-0.3, -0.25) is 4.79 Å². The van der Waals surface area contributed by atoms with Crippen LogP contribution in [-0.2, 0) is 6.42 Å². The molecule has 0 saturated heterocycles. The molecule has 0 spiro atoms. The first kappa shape index (κ1) is 16.7. The molecule has 0 radical (unpaired) electrons. The zero-order chi connectivity index (χ0) is 16.9. The van der Waals surface area contributed by atoms with Gasteiger partial charge in [-0.2, -0.15) is 0 Å². The number of benzene rings is 2. The van der Waals surface area contributed by atoms with Crippen molar-refractivity contribution >= 4 is 5.91 Å². The van der Waals surface area contributed by atoms with Crippen molar-refractivity contribution in [1.82, 2.24) is 4.90 Å². The number of amides is 1. The topological polar surface area (TPSA) is 40.5 Å². The molecule has 0 fully saturated rings. The van der Waals surface area contributed by atoms with Gasteiger partial charge in [-0.25, -0.2) is 0 Å². The van der Waals surface area contributed by atoms with Gasteiger partial charge in [0.05, 0.1) is 12.6 Å². The summed E-state index contributed by atoms with van der Waals surface area (Å²) in [5.41, 5.74) is 2.90. The molecule has 0 aromatic heterocycles. The van der Waals surface area contributed by atoms with Gasteiger partial charge < -0.3 is 10.0 Å². The molecule has 3 heteroatoms. The lowest BCUT2D eigenvalue weighted by atomic mass is 9.99. The van der Waals surface area contributed by atoms with E-state index in [1.807, 2.05) is 53.4 Å². The molecule has 1 aliphatic heterocycles. The molecule has 0 aliphatic carbocycles. The highest BCUT2D eigenvalue weighted by Gasteiger charge is 2.34. The lowest BCUT2D eigenvalue weighted by Crippen LogP contribution is -2.43. The third kappa shape index (κ3) is 3.22. The van der Waals surface area contributed by atoms with Gasteiger partial charge in [0.2, 0.25) is 0 Å². The normalized spacial score (nSPS) is 18.8. The van der Waals surface area contributed by atoms with E-state index in [9.17, 15) is 9.90 Å². The molecule has 2 atom stereocenters. The first-order valence-corrected chi connectivity index (χ1v) is 8.82. The predicted octanol–water partition coefficient (Wildman–Crippen LogP) is 3.98. The van der Waals surface area contributed by atoms with E-state index in [2.05, 4.69) is 13.0 Å². The maximum Gasteiger partial charge on any atom is 0.254 e. The third-order valence-electron chi connectivity index (χ3n) is 4.94. The fourth-order valence-electron chi connectivity index (χ4n) is 3.75. The molecule has 1 amide bonds. The van der Waals surface area contributed by atoms with E-state index >= 15 is 0 Å². The Kier molecular flexibility index (Phi) is 5.31. The minimum Gasteiger partial charge on any atom is -0.394 e. The molecule has 0 saturated carbocycles. The van der Waals surface area contributed by atoms with Crippen LogP contribution in [0.2, 0.25) is 0 Å². The SMILES string of the molecule is CCC[C@@H]1CCc2ccccc2C(=O)N1[C@@H](CO)c1ccccc1. The Morgan fingerprint density at radius 1 is 1.12 bits per heavy atom. The molecule has 3 rings (SSSR count). The van der Waals surface area contributed by atoms with Gasteiger partial charge >= 0.3 is 0 Å². The van der Waals surface area contributed by atoms with E-state index in [-0.39, 0.29) is 24.6 Å². The standard InChI is InChI=1S/C21H25NO2/c1-2-8-18-14-13-16-9-6-7-12-19(16)21(24)22(18)20(15-23)17-10-4-3-5-11-17/h3-7,9-12,18,20,23H,2,8,13-15H2,1H3/t18-,20+/m1/s1. The van der Waals surface area contributed by atoms with Crippen LogP contribution < -0.4 is 0 Å². The lowest BCUT2D eigenvalue weighted by molar-refractivity contribution is 0.0441. The van der Waals surface area contributed by atoms with E-state index in [1.165, 1.54) is 0 Å². The highest BCUT2D eigenvalue weighted by Crippen LogP contribution is 2.32. The van der Waals surface area contributed by atoms with Crippen molar-refractivity contribution in [3.8, 4) is 0 Å². The van der Waals surface area contributed by atoms with Gasteiger partial charge in [0.25, 0.3) is 5.91 Å². The lowest BCUT2D eigenvalue weighted by Gasteiger charge is -2.37. The smallest absolute Gasteiger partial charge is 0.254 e. The molecular weight excluding hydrogens is 298 g/mol. The molecule has 0 unspecified atom stereocenters. The summed E-state index contributed by atoms with van der Waals surface area (Å²) in [5, 5.41) is 10.1. The molecule has 126 valence electrons. The summed E-state index contributed by atoms with van der Waals surface area (Å²) in [6, 6.07) is 17.6. The number of carbonyl (C=O) groups excluding carboxylic acids is 1. The van der Waals surface area contributed by atoms with Crippen LogP contribution in [0.1, 0.15) is 53.7 Å². The first-order valence-electron chi connectivity index (χ1n) is 8.82. The van der Waals surface area contributed by atoms with Crippen LogP contribution in [0.15, 0.2) is 54.6 Å². The Labute approximate surface area is 143 Å². The zero-order valence-corrected chi connectivity index (χ0v) is 14.2. The van der Waals surface area contributed by atoms with Crippen LogP contribution in [0.3, 0.4) is 0 Å². The Hall–Kier alpha value is -2.13. The summed E-state index contributed by atoms with van der Waals surface area (Å²) in [5.74, 6) is 0.0458. The van der Waals surface area contributed by atoms with E-state index in [4.69, 9.17) is 0 Å². The van der Waals surface area contributed by atoms with Crippen molar-refractivity contribution in [2.75, 3.05) is 6.61 Å². The fourth-order valence-corrected chi connectivity index (χ4v) is 3.75. The molecule has 0 bridgehead atoms. The number of hydrogen-bond donors (Lipinski definition) is 1. The van der Waals surface area contributed by atoms with Crippen LogP contribution in [0.5, 0.6) is 0 Å². The summed E-state index contributed by atoms with van der Waals surface area (Å²) in [4.78, 5) is 15.2. The Balaban J connectivity index is 2.04. The molecule has 1 N–H and O–H groups in total.